The zero-order valence-corrected chi connectivity index (χ0v) is 17.4. The molecule has 0 aliphatic rings. The lowest BCUT2D eigenvalue weighted by atomic mass is 10.1. The summed E-state index contributed by atoms with van der Waals surface area (Å²) in [4.78, 5) is 22.5. The minimum absolute atomic E-state index is 0.0405. The Bertz CT molecular complexity index is 1410. The Morgan fingerprint density at radius 3 is 2.16 bits per heavy atom. The van der Waals surface area contributed by atoms with Crippen LogP contribution < -0.4 is 10.0 Å². The third kappa shape index (κ3) is 4.42. The van der Waals surface area contributed by atoms with Crippen LogP contribution in [0.1, 0.15) is 10.4 Å². The largest absolute Gasteiger partial charge is 0.322 e. The number of hydrogen-bond donors (Lipinski definition) is 2. The number of anilines is 2. The van der Waals surface area contributed by atoms with Crippen molar-refractivity contribution in [2.75, 3.05) is 10.0 Å². The van der Waals surface area contributed by atoms with Crippen LogP contribution in [0, 0.1) is 10.1 Å². The van der Waals surface area contributed by atoms with Gasteiger partial charge < -0.3 is 5.32 Å². The van der Waals surface area contributed by atoms with Crippen molar-refractivity contribution in [1.29, 1.82) is 0 Å². The Morgan fingerprint density at radius 2 is 1.47 bits per heavy atom. The van der Waals surface area contributed by atoms with Gasteiger partial charge in [0.05, 0.1) is 15.5 Å². The van der Waals surface area contributed by atoms with Crippen LogP contribution in [0.4, 0.5) is 17.1 Å². The van der Waals surface area contributed by atoms with Crippen molar-refractivity contribution in [2.24, 2.45) is 0 Å². The number of carbonyl (C=O) groups excluding carboxylic acids is 1. The van der Waals surface area contributed by atoms with Gasteiger partial charge in [-0.1, -0.05) is 36.4 Å². The quantitative estimate of drug-likeness (QED) is 0.325. The maximum atomic E-state index is 12.8. The molecule has 160 valence electrons. The van der Waals surface area contributed by atoms with E-state index in [0.717, 1.165) is 10.8 Å². The standard InChI is InChI=1S/C23H17N3O5S/c27-23(17-8-12-19(13-9-17)26(28)29)24-18-10-14-20(15-11-18)32(30,31)25-22-7-3-5-16-4-1-2-6-21(16)22/h1-15,25H,(H,24,27). The summed E-state index contributed by atoms with van der Waals surface area (Å²) in [6, 6.07) is 23.7. The third-order valence-corrected chi connectivity index (χ3v) is 6.18. The van der Waals surface area contributed by atoms with Crippen molar-refractivity contribution >= 4 is 43.8 Å². The van der Waals surface area contributed by atoms with E-state index in [2.05, 4.69) is 10.0 Å². The second kappa shape index (κ2) is 8.48. The number of rotatable bonds is 6. The summed E-state index contributed by atoms with van der Waals surface area (Å²) >= 11 is 0. The van der Waals surface area contributed by atoms with E-state index >= 15 is 0 Å². The molecule has 0 spiro atoms. The van der Waals surface area contributed by atoms with Crippen molar-refractivity contribution in [3.8, 4) is 0 Å². The van der Waals surface area contributed by atoms with Crippen LogP contribution in [0.25, 0.3) is 10.8 Å². The molecule has 0 atom stereocenters. The fraction of sp³-hybridized carbons (Fsp3) is 0. The van der Waals surface area contributed by atoms with Crippen LogP contribution in [-0.4, -0.2) is 19.2 Å². The summed E-state index contributed by atoms with van der Waals surface area (Å²) in [5.41, 5.74) is 0.982. The number of nitrogens with zero attached hydrogens (tertiary/aromatic N) is 1. The van der Waals surface area contributed by atoms with Gasteiger partial charge in [0.15, 0.2) is 0 Å². The van der Waals surface area contributed by atoms with Crippen molar-refractivity contribution in [1.82, 2.24) is 0 Å². The van der Waals surface area contributed by atoms with E-state index in [-0.39, 0.29) is 16.1 Å². The fourth-order valence-electron chi connectivity index (χ4n) is 3.17. The van der Waals surface area contributed by atoms with E-state index in [4.69, 9.17) is 0 Å². The highest BCUT2D eigenvalue weighted by atomic mass is 32.2. The molecule has 8 nitrogen and oxygen atoms in total. The highest BCUT2D eigenvalue weighted by Gasteiger charge is 2.16. The third-order valence-electron chi connectivity index (χ3n) is 4.80. The summed E-state index contributed by atoms with van der Waals surface area (Å²) in [6.07, 6.45) is 0. The van der Waals surface area contributed by atoms with Crippen molar-refractivity contribution in [3.63, 3.8) is 0 Å². The number of sulfonamides is 1. The van der Waals surface area contributed by atoms with Crippen molar-refractivity contribution in [2.45, 2.75) is 4.90 Å². The molecule has 0 saturated carbocycles. The first-order valence-electron chi connectivity index (χ1n) is 9.50. The Labute approximate surface area is 183 Å². The second-order valence-electron chi connectivity index (χ2n) is 6.91. The van der Waals surface area contributed by atoms with E-state index in [1.54, 1.807) is 12.1 Å². The lowest BCUT2D eigenvalue weighted by Crippen LogP contribution is -2.14. The van der Waals surface area contributed by atoms with Gasteiger partial charge in [0, 0.05) is 28.8 Å². The smallest absolute Gasteiger partial charge is 0.269 e. The van der Waals surface area contributed by atoms with Crippen LogP contribution >= 0.6 is 0 Å². The van der Waals surface area contributed by atoms with E-state index in [9.17, 15) is 23.3 Å². The first-order valence-corrected chi connectivity index (χ1v) is 11.0. The minimum atomic E-state index is -3.84. The Hall–Kier alpha value is -4.24. The molecule has 32 heavy (non-hydrogen) atoms. The van der Waals surface area contributed by atoms with E-state index in [0.29, 0.717) is 11.4 Å². The zero-order chi connectivity index (χ0) is 22.7. The molecule has 0 bridgehead atoms. The molecule has 9 heteroatoms. The summed E-state index contributed by atoms with van der Waals surface area (Å²) in [6.45, 7) is 0. The van der Waals surface area contributed by atoms with Crippen molar-refractivity contribution in [3.05, 3.63) is 107 Å². The van der Waals surface area contributed by atoms with E-state index < -0.39 is 20.9 Å². The first-order chi connectivity index (χ1) is 15.3. The molecule has 4 aromatic carbocycles. The molecule has 0 radical (unpaired) electrons. The molecule has 4 aromatic rings. The molecular weight excluding hydrogens is 430 g/mol. The molecule has 0 aliphatic carbocycles. The predicted octanol–water partition coefficient (Wildman–Crippen LogP) is 4.80. The van der Waals surface area contributed by atoms with Gasteiger partial charge in [-0.05, 0) is 47.9 Å². The highest BCUT2D eigenvalue weighted by Crippen LogP contribution is 2.26. The number of non-ortho nitro benzene ring substituents is 1. The topological polar surface area (TPSA) is 118 Å². The summed E-state index contributed by atoms with van der Waals surface area (Å²) in [7, 11) is -3.84. The van der Waals surface area contributed by atoms with Crippen molar-refractivity contribution < 1.29 is 18.1 Å². The molecule has 2 N–H and O–H groups in total. The zero-order valence-electron chi connectivity index (χ0n) is 16.6. The molecule has 0 saturated heterocycles. The summed E-state index contributed by atoms with van der Waals surface area (Å²) in [5, 5.41) is 15.0. The number of carbonyl (C=O) groups is 1. The number of hydrogen-bond acceptors (Lipinski definition) is 5. The predicted molar refractivity (Wildman–Crippen MR) is 122 cm³/mol. The first kappa shape index (κ1) is 21.0. The van der Waals surface area contributed by atoms with Crippen LogP contribution in [0.15, 0.2) is 95.9 Å². The molecular formula is C23H17N3O5S. The average molecular weight is 447 g/mol. The molecule has 0 unspecified atom stereocenters. The van der Waals surface area contributed by atoms with Gasteiger partial charge in [0.25, 0.3) is 21.6 Å². The Balaban J connectivity index is 1.50. The lowest BCUT2D eigenvalue weighted by molar-refractivity contribution is -0.384. The van der Waals surface area contributed by atoms with Gasteiger partial charge in [0.2, 0.25) is 0 Å². The minimum Gasteiger partial charge on any atom is -0.322 e. The van der Waals surface area contributed by atoms with Crippen LogP contribution in [0.2, 0.25) is 0 Å². The monoisotopic (exact) mass is 447 g/mol. The van der Waals surface area contributed by atoms with Crippen LogP contribution in [0.3, 0.4) is 0 Å². The maximum absolute atomic E-state index is 12.8. The van der Waals surface area contributed by atoms with Gasteiger partial charge in [-0.25, -0.2) is 8.42 Å². The van der Waals surface area contributed by atoms with E-state index in [1.807, 2.05) is 30.3 Å². The molecule has 0 aliphatic heterocycles. The van der Waals surface area contributed by atoms with E-state index in [1.165, 1.54) is 48.5 Å². The SMILES string of the molecule is O=C(Nc1ccc(S(=O)(=O)Nc2cccc3ccccc23)cc1)c1ccc([N+](=O)[O-])cc1. The van der Waals surface area contributed by atoms with Gasteiger partial charge in [-0.2, -0.15) is 0 Å². The highest BCUT2D eigenvalue weighted by molar-refractivity contribution is 7.92. The van der Waals surface area contributed by atoms with Crippen LogP contribution in [-0.2, 0) is 10.0 Å². The van der Waals surface area contributed by atoms with Gasteiger partial charge in [-0.15, -0.1) is 0 Å². The molecule has 0 heterocycles. The number of nitrogens with one attached hydrogen (secondary N) is 2. The lowest BCUT2D eigenvalue weighted by Gasteiger charge is -2.11. The van der Waals surface area contributed by atoms with Gasteiger partial charge in [0.1, 0.15) is 0 Å². The van der Waals surface area contributed by atoms with Gasteiger partial charge >= 0.3 is 0 Å². The number of benzene rings is 4. The fourth-order valence-corrected chi connectivity index (χ4v) is 4.25. The number of nitro benzene ring substituents is 1. The molecule has 0 fully saturated rings. The summed E-state index contributed by atoms with van der Waals surface area (Å²) in [5.74, 6) is -0.468. The van der Waals surface area contributed by atoms with Crippen LogP contribution in [0.5, 0.6) is 0 Å². The Kier molecular flexibility index (Phi) is 5.57. The van der Waals surface area contributed by atoms with Gasteiger partial charge in [-0.3, -0.25) is 19.6 Å². The Morgan fingerprint density at radius 1 is 0.812 bits per heavy atom. The second-order valence-corrected chi connectivity index (χ2v) is 8.60. The molecule has 4 rings (SSSR count). The maximum Gasteiger partial charge on any atom is 0.269 e. The number of fused-ring (bicyclic) bond motifs is 1. The molecule has 0 aromatic heterocycles. The molecule has 1 amide bonds. The number of nitro groups is 1. The average Bonchev–Trinajstić information content (AvgIpc) is 2.79. The summed E-state index contributed by atoms with van der Waals surface area (Å²) < 4.78 is 28.3. The number of amides is 1. The normalized spacial score (nSPS) is 11.1.